The van der Waals surface area contributed by atoms with E-state index in [2.05, 4.69) is 25.2 Å². The molecule has 1 fully saturated rings. The van der Waals surface area contributed by atoms with Crippen LogP contribution in [0, 0.1) is 11.3 Å². The van der Waals surface area contributed by atoms with Crippen LogP contribution in [-0.4, -0.2) is 6.54 Å². The van der Waals surface area contributed by atoms with E-state index >= 15 is 0 Å². The molecule has 0 radical (unpaired) electrons. The van der Waals surface area contributed by atoms with Gasteiger partial charge in [0.1, 0.15) is 0 Å². The summed E-state index contributed by atoms with van der Waals surface area (Å²) >= 11 is 7.55. The number of rotatable bonds is 5. The fourth-order valence-electron chi connectivity index (χ4n) is 2.00. The highest BCUT2D eigenvalue weighted by Crippen LogP contribution is 2.51. The van der Waals surface area contributed by atoms with E-state index < -0.39 is 0 Å². The Hall–Kier alpha value is -0.0500. The number of thiophene rings is 1. The highest BCUT2D eigenvalue weighted by atomic mass is 35.5. The van der Waals surface area contributed by atoms with Crippen LogP contribution in [0.15, 0.2) is 12.1 Å². The van der Waals surface area contributed by atoms with Crippen molar-refractivity contribution >= 4 is 22.9 Å². The van der Waals surface area contributed by atoms with E-state index in [-0.39, 0.29) is 0 Å². The van der Waals surface area contributed by atoms with Gasteiger partial charge in [0.2, 0.25) is 0 Å². The molecule has 0 amide bonds. The van der Waals surface area contributed by atoms with Gasteiger partial charge in [-0.1, -0.05) is 25.4 Å². The summed E-state index contributed by atoms with van der Waals surface area (Å²) in [4.78, 5) is 1.33. The molecule has 2 rings (SSSR count). The van der Waals surface area contributed by atoms with Crippen molar-refractivity contribution in [1.29, 1.82) is 0 Å². The minimum absolute atomic E-state index is 0.598. The zero-order valence-corrected chi connectivity index (χ0v) is 10.9. The molecule has 0 saturated heterocycles. The number of halogens is 1. The molecule has 1 aromatic heterocycles. The van der Waals surface area contributed by atoms with Crippen molar-refractivity contribution < 1.29 is 0 Å². The topological polar surface area (TPSA) is 12.0 Å². The highest BCUT2D eigenvalue weighted by molar-refractivity contribution is 7.16. The van der Waals surface area contributed by atoms with Gasteiger partial charge in [-0.3, -0.25) is 0 Å². The molecule has 0 aliphatic heterocycles. The fraction of sp³-hybridized carbons (Fsp3) is 0.667. The third-order valence-corrected chi connectivity index (χ3v) is 4.75. The Bertz CT molecular complexity index is 328. The first-order valence-corrected chi connectivity index (χ1v) is 6.77. The molecule has 1 N–H and O–H groups in total. The highest BCUT2D eigenvalue weighted by Gasteiger charge is 2.44. The Labute approximate surface area is 101 Å². The summed E-state index contributed by atoms with van der Waals surface area (Å²) < 4.78 is 0.886. The molecule has 0 unspecified atom stereocenters. The summed E-state index contributed by atoms with van der Waals surface area (Å²) in [5.41, 5.74) is 0.598. The average Bonchev–Trinajstić information content (AvgIpc) is 2.86. The maximum Gasteiger partial charge on any atom is 0.0931 e. The van der Waals surface area contributed by atoms with Crippen molar-refractivity contribution in [3.8, 4) is 0 Å². The average molecular weight is 244 g/mol. The maximum absolute atomic E-state index is 5.88. The summed E-state index contributed by atoms with van der Waals surface area (Å²) in [6, 6.07) is 4.08. The van der Waals surface area contributed by atoms with Crippen LogP contribution in [0.5, 0.6) is 0 Å². The molecule has 1 nitrogen and oxygen atoms in total. The second kappa shape index (κ2) is 4.44. The SMILES string of the molecule is CC(C)C1(CNCc2ccc(Cl)s2)CC1. The molecule has 0 aromatic carbocycles. The van der Waals surface area contributed by atoms with E-state index in [1.54, 1.807) is 11.3 Å². The molecule has 1 aliphatic rings. The van der Waals surface area contributed by atoms with Gasteiger partial charge in [0.25, 0.3) is 0 Å². The largest absolute Gasteiger partial charge is 0.311 e. The molecule has 1 aliphatic carbocycles. The normalized spacial score (nSPS) is 18.4. The van der Waals surface area contributed by atoms with E-state index in [0.717, 1.165) is 23.3 Å². The maximum atomic E-state index is 5.88. The summed E-state index contributed by atoms with van der Waals surface area (Å²) in [6.45, 7) is 6.78. The van der Waals surface area contributed by atoms with E-state index in [9.17, 15) is 0 Å². The van der Waals surface area contributed by atoms with Gasteiger partial charge in [0.05, 0.1) is 4.34 Å². The van der Waals surface area contributed by atoms with Crippen molar-refractivity contribution in [3.05, 3.63) is 21.3 Å². The summed E-state index contributed by atoms with van der Waals surface area (Å²) in [6.07, 6.45) is 2.78. The second-order valence-corrected chi connectivity index (χ2v) is 6.63. The van der Waals surface area contributed by atoms with Crippen LogP contribution in [0.3, 0.4) is 0 Å². The quantitative estimate of drug-likeness (QED) is 0.827. The van der Waals surface area contributed by atoms with Crippen LogP contribution >= 0.6 is 22.9 Å². The molecule has 1 heterocycles. The van der Waals surface area contributed by atoms with Gasteiger partial charge >= 0.3 is 0 Å². The van der Waals surface area contributed by atoms with Crippen LogP contribution in [-0.2, 0) is 6.54 Å². The molecule has 3 heteroatoms. The third kappa shape index (κ3) is 2.74. The Balaban J connectivity index is 1.76. The van der Waals surface area contributed by atoms with Gasteiger partial charge in [0, 0.05) is 18.0 Å². The van der Waals surface area contributed by atoms with Gasteiger partial charge < -0.3 is 5.32 Å². The first-order chi connectivity index (χ1) is 7.12. The Morgan fingerprint density at radius 2 is 2.20 bits per heavy atom. The third-order valence-electron chi connectivity index (χ3n) is 3.52. The Kier molecular flexibility index (Phi) is 3.39. The first kappa shape index (κ1) is 11.4. The van der Waals surface area contributed by atoms with Crippen molar-refractivity contribution in [2.45, 2.75) is 33.2 Å². The predicted octanol–water partition coefficient (Wildman–Crippen LogP) is 3.93. The Morgan fingerprint density at radius 3 is 2.67 bits per heavy atom. The van der Waals surface area contributed by atoms with Crippen LogP contribution in [0.25, 0.3) is 0 Å². The standard InChI is InChI=1S/C12H18ClNS/c1-9(2)12(5-6-12)8-14-7-10-3-4-11(13)15-10/h3-4,9,14H,5-8H2,1-2H3. The van der Waals surface area contributed by atoms with Crippen LogP contribution in [0.1, 0.15) is 31.6 Å². The Morgan fingerprint density at radius 1 is 1.47 bits per heavy atom. The van der Waals surface area contributed by atoms with Crippen molar-refractivity contribution in [3.63, 3.8) is 0 Å². The van der Waals surface area contributed by atoms with Gasteiger partial charge in [-0.25, -0.2) is 0 Å². The molecule has 0 bridgehead atoms. The number of nitrogens with one attached hydrogen (secondary N) is 1. The molecule has 0 atom stereocenters. The lowest BCUT2D eigenvalue weighted by atomic mass is 9.92. The van der Waals surface area contributed by atoms with Crippen molar-refractivity contribution in [1.82, 2.24) is 5.32 Å². The summed E-state index contributed by atoms with van der Waals surface area (Å²) in [7, 11) is 0. The van der Waals surface area contributed by atoms with Crippen LogP contribution in [0.4, 0.5) is 0 Å². The minimum Gasteiger partial charge on any atom is -0.311 e. The monoisotopic (exact) mass is 243 g/mol. The summed E-state index contributed by atoms with van der Waals surface area (Å²) in [5, 5.41) is 3.55. The lowest BCUT2D eigenvalue weighted by Crippen LogP contribution is -2.26. The zero-order chi connectivity index (χ0) is 10.9. The summed E-state index contributed by atoms with van der Waals surface area (Å²) in [5.74, 6) is 0.803. The molecular formula is C12H18ClNS. The van der Waals surface area contributed by atoms with E-state index in [1.807, 2.05) is 6.07 Å². The zero-order valence-electron chi connectivity index (χ0n) is 9.35. The lowest BCUT2D eigenvalue weighted by Gasteiger charge is -2.19. The smallest absolute Gasteiger partial charge is 0.0931 e. The van der Waals surface area contributed by atoms with Gasteiger partial charge in [0.15, 0.2) is 0 Å². The fourth-order valence-corrected chi connectivity index (χ4v) is 3.06. The number of hydrogen-bond acceptors (Lipinski definition) is 2. The first-order valence-electron chi connectivity index (χ1n) is 5.57. The molecule has 84 valence electrons. The second-order valence-electron chi connectivity index (χ2n) is 4.83. The van der Waals surface area contributed by atoms with Crippen LogP contribution in [0.2, 0.25) is 4.34 Å². The van der Waals surface area contributed by atoms with Gasteiger partial charge in [-0.2, -0.15) is 0 Å². The van der Waals surface area contributed by atoms with Crippen molar-refractivity contribution in [2.75, 3.05) is 6.54 Å². The van der Waals surface area contributed by atoms with Crippen LogP contribution < -0.4 is 5.32 Å². The van der Waals surface area contributed by atoms with E-state index in [4.69, 9.17) is 11.6 Å². The predicted molar refractivity (Wildman–Crippen MR) is 67.5 cm³/mol. The molecule has 1 aromatic rings. The number of hydrogen-bond donors (Lipinski definition) is 1. The van der Waals surface area contributed by atoms with E-state index in [0.29, 0.717) is 5.41 Å². The minimum atomic E-state index is 0.598. The molecule has 1 saturated carbocycles. The molecular weight excluding hydrogens is 226 g/mol. The molecule has 0 spiro atoms. The van der Waals surface area contributed by atoms with Crippen molar-refractivity contribution in [2.24, 2.45) is 11.3 Å². The molecule has 15 heavy (non-hydrogen) atoms. The lowest BCUT2D eigenvalue weighted by molar-refractivity contribution is 0.338. The van der Waals surface area contributed by atoms with E-state index in [1.165, 1.54) is 17.7 Å². The van der Waals surface area contributed by atoms with Gasteiger partial charge in [-0.15, -0.1) is 11.3 Å². The van der Waals surface area contributed by atoms with Gasteiger partial charge in [-0.05, 0) is 36.3 Å².